The molecule has 1 aromatic carbocycles. The van der Waals surface area contributed by atoms with Gasteiger partial charge in [-0.25, -0.2) is 14.1 Å². The standard InChI is InChI=1S/C21H20ClF2N7O3/c1-9(2)31-19(25)16(20(26)33)17(30-31)21(34)29-14-7-11(8-27-18(14)24)28-15(32)6-10-3-4-12(22)13(23)5-10/h3-5,7-9H,6,25H2,1-2H3,(H2,26,33)(H,28,32)(H,29,34). The summed E-state index contributed by atoms with van der Waals surface area (Å²) < 4.78 is 29.1. The Morgan fingerprint density at radius 2 is 1.88 bits per heavy atom. The second-order valence-electron chi connectivity index (χ2n) is 7.50. The number of nitrogen functional groups attached to an aromatic ring is 1. The fraction of sp³-hybridized carbons (Fsp3) is 0.190. The fourth-order valence-electron chi connectivity index (χ4n) is 3.07. The number of anilines is 3. The topological polar surface area (TPSA) is 158 Å². The summed E-state index contributed by atoms with van der Waals surface area (Å²) in [6.07, 6.45) is 0.840. The van der Waals surface area contributed by atoms with Crippen molar-refractivity contribution >= 4 is 46.5 Å². The molecule has 10 nitrogen and oxygen atoms in total. The Hall–Kier alpha value is -4.06. The van der Waals surface area contributed by atoms with Gasteiger partial charge in [0.1, 0.15) is 17.2 Å². The summed E-state index contributed by atoms with van der Waals surface area (Å²) in [4.78, 5) is 40.3. The Morgan fingerprint density at radius 3 is 2.50 bits per heavy atom. The van der Waals surface area contributed by atoms with Crippen molar-refractivity contribution in [1.82, 2.24) is 14.8 Å². The summed E-state index contributed by atoms with van der Waals surface area (Å²) in [6.45, 7) is 3.45. The first kappa shape index (κ1) is 24.6. The third-order valence-electron chi connectivity index (χ3n) is 4.62. The molecule has 0 unspecified atom stereocenters. The average Bonchev–Trinajstić information content (AvgIpc) is 3.11. The third-order valence-corrected chi connectivity index (χ3v) is 4.92. The number of carbonyl (C=O) groups is 3. The number of amides is 3. The number of halogens is 3. The van der Waals surface area contributed by atoms with Crippen LogP contribution in [0.1, 0.15) is 46.3 Å². The number of nitrogens with two attached hydrogens (primary N) is 2. The molecule has 0 fully saturated rings. The molecule has 178 valence electrons. The molecule has 3 aromatic rings. The van der Waals surface area contributed by atoms with E-state index in [0.29, 0.717) is 5.56 Å². The van der Waals surface area contributed by atoms with E-state index in [2.05, 4.69) is 20.7 Å². The van der Waals surface area contributed by atoms with Crippen LogP contribution in [-0.2, 0) is 11.2 Å². The van der Waals surface area contributed by atoms with Gasteiger partial charge >= 0.3 is 0 Å². The lowest BCUT2D eigenvalue weighted by molar-refractivity contribution is -0.115. The van der Waals surface area contributed by atoms with Gasteiger partial charge in [-0.15, -0.1) is 0 Å². The molecule has 3 rings (SSSR count). The average molecular weight is 492 g/mol. The highest BCUT2D eigenvalue weighted by atomic mass is 35.5. The zero-order valence-electron chi connectivity index (χ0n) is 18.0. The van der Waals surface area contributed by atoms with E-state index in [-0.39, 0.29) is 34.6 Å². The van der Waals surface area contributed by atoms with Crippen molar-refractivity contribution in [3.05, 3.63) is 64.1 Å². The number of pyridine rings is 1. The van der Waals surface area contributed by atoms with E-state index >= 15 is 0 Å². The Labute approximate surface area is 197 Å². The van der Waals surface area contributed by atoms with E-state index in [1.807, 2.05) is 0 Å². The SMILES string of the molecule is CC(C)n1nc(C(=O)Nc2cc(NC(=O)Cc3ccc(Cl)c(F)c3)cnc2F)c(C(N)=O)c1N. The van der Waals surface area contributed by atoms with Gasteiger partial charge in [-0.05, 0) is 37.6 Å². The molecule has 6 N–H and O–H groups in total. The van der Waals surface area contributed by atoms with Crippen LogP contribution in [0.3, 0.4) is 0 Å². The maximum Gasteiger partial charge on any atom is 0.277 e. The van der Waals surface area contributed by atoms with Crippen molar-refractivity contribution in [2.24, 2.45) is 5.73 Å². The second-order valence-corrected chi connectivity index (χ2v) is 7.91. The summed E-state index contributed by atoms with van der Waals surface area (Å²) in [5.74, 6) is -4.31. The normalized spacial score (nSPS) is 10.9. The van der Waals surface area contributed by atoms with Gasteiger partial charge in [-0.1, -0.05) is 17.7 Å². The Morgan fingerprint density at radius 1 is 1.18 bits per heavy atom. The van der Waals surface area contributed by atoms with Crippen LogP contribution in [-0.4, -0.2) is 32.5 Å². The predicted molar refractivity (Wildman–Crippen MR) is 121 cm³/mol. The van der Waals surface area contributed by atoms with E-state index < -0.39 is 40.9 Å². The highest BCUT2D eigenvalue weighted by Gasteiger charge is 2.27. The summed E-state index contributed by atoms with van der Waals surface area (Å²) in [5, 5.41) is 8.66. The van der Waals surface area contributed by atoms with E-state index in [1.54, 1.807) is 13.8 Å². The zero-order chi connectivity index (χ0) is 25.2. The number of nitrogens with one attached hydrogen (secondary N) is 2. The fourth-order valence-corrected chi connectivity index (χ4v) is 3.19. The van der Waals surface area contributed by atoms with Crippen LogP contribution < -0.4 is 22.1 Å². The van der Waals surface area contributed by atoms with Gasteiger partial charge in [0.2, 0.25) is 11.9 Å². The summed E-state index contributed by atoms with van der Waals surface area (Å²) >= 11 is 5.63. The minimum atomic E-state index is -1.05. The molecule has 0 spiro atoms. The summed E-state index contributed by atoms with van der Waals surface area (Å²) in [7, 11) is 0. The van der Waals surface area contributed by atoms with Crippen molar-refractivity contribution < 1.29 is 23.2 Å². The van der Waals surface area contributed by atoms with Gasteiger partial charge in [0.25, 0.3) is 11.8 Å². The molecule has 0 bridgehead atoms. The zero-order valence-corrected chi connectivity index (χ0v) is 18.8. The van der Waals surface area contributed by atoms with Gasteiger partial charge in [0.05, 0.1) is 29.0 Å². The van der Waals surface area contributed by atoms with Crippen LogP contribution >= 0.6 is 11.6 Å². The summed E-state index contributed by atoms with van der Waals surface area (Å²) in [6, 6.07) is 4.76. The van der Waals surface area contributed by atoms with Crippen molar-refractivity contribution in [3.8, 4) is 0 Å². The van der Waals surface area contributed by atoms with Crippen LogP contribution in [0.25, 0.3) is 0 Å². The van der Waals surface area contributed by atoms with Gasteiger partial charge in [-0.3, -0.25) is 14.4 Å². The number of carbonyl (C=O) groups excluding carboxylic acids is 3. The first-order valence-electron chi connectivity index (χ1n) is 9.86. The quantitative estimate of drug-likeness (QED) is 0.372. The molecule has 13 heteroatoms. The molecular weight excluding hydrogens is 472 g/mol. The number of hydrogen-bond acceptors (Lipinski definition) is 6. The molecular formula is C21H20ClF2N7O3. The van der Waals surface area contributed by atoms with E-state index in [9.17, 15) is 23.2 Å². The van der Waals surface area contributed by atoms with Crippen molar-refractivity contribution in [2.45, 2.75) is 26.3 Å². The maximum atomic E-state index is 14.2. The van der Waals surface area contributed by atoms with Crippen LogP contribution in [0.15, 0.2) is 30.5 Å². The molecule has 2 aromatic heterocycles. The van der Waals surface area contributed by atoms with E-state index in [4.69, 9.17) is 23.1 Å². The highest BCUT2D eigenvalue weighted by Crippen LogP contribution is 2.23. The number of hydrogen-bond donors (Lipinski definition) is 4. The lowest BCUT2D eigenvalue weighted by Crippen LogP contribution is -2.21. The predicted octanol–water partition coefficient (Wildman–Crippen LogP) is 2.91. The minimum Gasteiger partial charge on any atom is -0.383 e. The van der Waals surface area contributed by atoms with Crippen molar-refractivity contribution in [3.63, 3.8) is 0 Å². The highest BCUT2D eigenvalue weighted by molar-refractivity contribution is 6.30. The van der Waals surface area contributed by atoms with Crippen LogP contribution in [0.5, 0.6) is 0 Å². The van der Waals surface area contributed by atoms with Gasteiger partial charge < -0.3 is 22.1 Å². The maximum absolute atomic E-state index is 14.2. The Kier molecular flexibility index (Phi) is 7.11. The third kappa shape index (κ3) is 5.29. The number of aromatic nitrogens is 3. The van der Waals surface area contributed by atoms with Gasteiger partial charge in [0, 0.05) is 6.04 Å². The molecule has 34 heavy (non-hydrogen) atoms. The molecule has 0 aliphatic rings. The molecule has 2 heterocycles. The molecule has 0 aliphatic heterocycles. The monoisotopic (exact) mass is 491 g/mol. The Bertz CT molecular complexity index is 1290. The second kappa shape index (κ2) is 9.83. The lowest BCUT2D eigenvalue weighted by atomic mass is 10.1. The molecule has 3 amide bonds. The molecule has 0 saturated carbocycles. The van der Waals surface area contributed by atoms with Crippen LogP contribution in [0, 0.1) is 11.8 Å². The number of rotatable bonds is 7. The van der Waals surface area contributed by atoms with E-state index in [0.717, 1.165) is 18.3 Å². The molecule has 0 aliphatic carbocycles. The van der Waals surface area contributed by atoms with Gasteiger partial charge in [0.15, 0.2) is 5.69 Å². The molecule has 0 radical (unpaired) electrons. The van der Waals surface area contributed by atoms with Crippen molar-refractivity contribution in [2.75, 3.05) is 16.4 Å². The summed E-state index contributed by atoms with van der Waals surface area (Å²) in [5.41, 5.74) is 10.5. The largest absolute Gasteiger partial charge is 0.383 e. The van der Waals surface area contributed by atoms with Crippen molar-refractivity contribution in [1.29, 1.82) is 0 Å². The van der Waals surface area contributed by atoms with Crippen LogP contribution in [0.4, 0.5) is 26.0 Å². The van der Waals surface area contributed by atoms with Gasteiger partial charge in [-0.2, -0.15) is 9.49 Å². The number of nitrogens with zero attached hydrogens (tertiary/aromatic N) is 3. The molecule has 0 saturated heterocycles. The van der Waals surface area contributed by atoms with E-state index in [1.165, 1.54) is 16.8 Å². The Balaban J connectivity index is 1.79. The van der Waals surface area contributed by atoms with Crippen LogP contribution in [0.2, 0.25) is 5.02 Å². The lowest BCUT2D eigenvalue weighted by Gasteiger charge is -2.09. The minimum absolute atomic E-state index is 0.0542. The first-order valence-corrected chi connectivity index (χ1v) is 10.2. The first-order chi connectivity index (χ1) is 16.0. The smallest absolute Gasteiger partial charge is 0.277 e. The number of primary amides is 1. The molecule has 0 atom stereocenters. The number of benzene rings is 1.